The van der Waals surface area contributed by atoms with Crippen molar-refractivity contribution in [1.82, 2.24) is 4.90 Å². The SMILES string of the molecule is CCCN(CCC)C1CCc2cccc([S+](C)[O-])c2C1. The summed E-state index contributed by atoms with van der Waals surface area (Å²) in [5, 5.41) is 0. The van der Waals surface area contributed by atoms with Crippen LogP contribution in [0.3, 0.4) is 0 Å². The summed E-state index contributed by atoms with van der Waals surface area (Å²) >= 11 is -0.873. The van der Waals surface area contributed by atoms with Crippen LogP contribution in [0, 0.1) is 0 Å². The van der Waals surface area contributed by atoms with E-state index in [-0.39, 0.29) is 0 Å². The Balaban J connectivity index is 2.20. The number of fused-ring (bicyclic) bond motifs is 1. The molecule has 0 N–H and O–H groups in total. The van der Waals surface area contributed by atoms with E-state index in [1.165, 1.54) is 43.5 Å². The van der Waals surface area contributed by atoms with Gasteiger partial charge in [0.1, 0.15) is 6.26 Å². The van der Waals surface area contributed by atoms with Crippen molar-refractivity contribution in [2.45, 2.75) is 56.9 Å². The van der Waals surface area contributed by atoms with Gasteiger partial charge in [-0.05, 0) is 68.0 Å². The van der Waals surface area contributed by atoms with E-state index >= 15 is 0 Å². The average molecular weight is 293 g/mol. The molecule has 0 aliphatic heterocycles. The highest BCUT2D eigenvalue weighted by Crippen LogP contribution is 2.29. The van der Waals surface area contributed by atoms with E-state index in [9.17, 15) is 4.55 Å². The molecule has 0 fully saturated rings. The Kier molecular flexibility index (Phi) is 5.94. The standard InChI is InChI=1S/C17H27NOS/c1-4-11-18(12-5-2)15-10-9-14-7-6-8-17(20(3)19)16(14)13-15/h6-8,15H,4-5,9-13H2,1-3H3. The van der Waals surface area contributed by atoms with Crippen LogP contribution in [-0.4, -0.2) is 34.8 Å². The number of rotatable bonds is 6. The first-order chi connectivity index (χ1) is 9.67. The van der Waals surface area contributed by atoms with E-state index in [0.717, 1.165) is 17.7 Å². The Labute approximate surface area is 126 Å². The van der Waals surface area contributed by atoms with Gasteiger partial charge < -0.3 is 9.45 Å². The fourth-order valence-corrected chi connectivity index (χ4v) is 4.20. The third-order valence-corrected chi connectivity index (χ3v) is 5.27. The van der Waals surface area contributed by atoms with Crippen LogP contribution in [0.4, 0.5) is 0 Å². The molecule has 2 nitrogen and oxygen atoms in total. The lowest BCUT2D eigenvalue weighted by Gasteiger charge is -2.35. The van der Waals surface area contributed by atoms with Crippen molar-refractivity contribution in [2.24, 2.45) is 0 Å². The van der Waals surface area contributed by atoms with Crippen molar-refractivity contribution >= 4 is 11.2 Å². The molecule has 3 heteroatoms. The first-order valence-corrected chi connectivity index (χ1v) is 9.41. The van der Waals surface area contributed by atoms with Gasteiger partial charge in [-0.2, -0.15) is 0 Å². The third kappa shape index (κ3) is 3.57. The molecular weight excluding hydrogens is 266 g/mol. The van der Waals surface area contributed by atoms with E-state index in [1.807, 2.05) is 6.07 Å². The molecule has 1 aromatic rings. The summed E-state index contributed by atoms with van der Waals surface area (Å²) in [4.78, 5) is 3.69. The zero-order valence-corrected chi connectivity index (χ0v) is 13.8. The van der Waals surface area contributed by atoms with Crippen LogP contribution in [0.5, 0.6) is 0 Å². The minimum Gasteiger partial charge on any atom is -0.612 e. The van der Waals surface area contributed by atoms with Gasteiger partial charge >= 0.3 is 0 Å². The Morgan fingerprint density at radius 3 is 2.55 bits per heavy atom. The summed E-state index contributed by atoms with van der Waals surface area (Å²) in [6.07, 6.45) is 7.68. The predicted octanol–water partition coefficient (Wildman–Crippen LogP) is 3.40. The van der Waals surface area contributed by atoms with Crippen LogP contribution in [-0.2, 0) is 24.0 Å². The van der Waals surface area contributed by atoms with Gasteiger partial charge in [0.25, 0.3) is 0 Å². The molecule has 1 aliphatic rings. The van der Waals surface area contributed by atoms with Crippen LogP contribution in [0.25, 0.3) is 0 Å². The fourth-order valence-electron chi connectivity index (χ4n) is 3.37. The summed E-state index contributed by atoms with van der Waals surface area (Å²) in [5.74, 6) is 0. The van der Waals surface area contributed by atoms with Crippen LogP contribution >= 0.6 is 0 Å². The molecule has 2 rings (SSSR count). The quantitative estimate of drug-likeness (QED) is 0.751. The minimum absolute atomic E-state index is 0.632. The molecule has 112 valence electrons. The highest BCUT2D eigenvalue weighted by Gasteiger charge is 2.27. The van der Waals surface area contributed by atoms with Crippen molar-refractivity contribution in [3.63, 3.8) is 0 Å². The molecule has 0 saturated carbocycles. The Hall–Kier alpha value is -0.510. The molecule has 2 atom stereocenters. The van der Waals surface area contributed by atoms with E-state index in [4.69, 9.17) is 0 Å². The first-order valence-electron chi connectivity index (χ1n) is 7.85. The average Bonchev–Trinajstić information content (AvgIpc) is 2.45. The lowest BCUT2D eigenvalue weighted by atomic mass is 9.87. The van der Waals surface area contributed by atoms with Gasteiger partial charge in [-0.25, -0.2) is 0 Å². The monoisotopic (exact) mass is 293 g/mol. The Morgan fingerprint density at radius 1 is 1.25 bits per heavy atom. The van der Waals surface area contributed by atoms with Crippen molar-refractivity contribution in [1.29, 1.82) is 0 Å². The van der Waals surface area contributed by atoms with Gasteiger partial charge in [-0.1, -0.05) is 26.0 Å². The molecule has 0 amide bonds. The third-order valence-electron chi connectivity index (χ3n) is 4.26. The fraction of sp³-hybridized carbons (Fsp3) is 0.647. The largest absolute Gasteiger partial charge is 0.612 e. The smallest absolute Gasteiger partial charge is 0.155 e. The highest BCUT2D eigenvalue weighted by atomic mass is 32.2. The van der Waals surface area contributed by atoms with Gasteiger partial charge in [-0.3, -0.25) is 0 Å². The van der Waals surface area contributed by atoms with Gasteiger partial charge in [0, 0.05) is 11.6 Å². The maximum Gasteiger partial charge on any atom is 0.155 e. The van der Waals surface area contributed by atoms with E-state index in [1.54, 1.807) is 6.26 Å². The van der Waals surface area contributed by atoms with E-state index < -0.39 is 11.2 Å². The second kappa shape index (κ2) is 7.48. The molecule has 0 radical (unpaired) electrons. The maximum atomic E-state index is 11.9. The van der Waals surface area contributed by atoms with Gasteiger partial charge in [0.05, 0.1) is 0 Å². The van der Waals surface area contributed by atoms with Crippen molar-refractivity contribution < 1.29 is 4.55 Å². The normalized spacial score (nSPS) is 19.9. The molecule has 2 unspecified atom stereocenters. The summed E-state index contributed by atoms with van der Waals surface area (Å²) < 4.78 is 11.9. The zero-order chi connectivity index (χ0) is 14.5. The van der Waals surface area contributed by atoms with Crippen molar-refractivity contribution in [3.8, 4) is 0 Å². The summed E-state index contributed by atoms with van der Waals surface area (Å²) in [5.41, 5.74) is 2.78. The maximum absolute atomic E-state index is 11.9. The lowest BCUT2D eigenvalue weighted by Crippen LogP contribution is -2.40. The van der Waals surface area contributed by atoms with Crippen LogP contribution < -0.4 is 0 Å². The summed E-state index contributed by atoms with van der Waals surface area (Å²) in [6, 6.07) is 6.95. The number of aryl methyl sites for hydroxylation is 1. The van der Waals surface area contributed by atoms with Gasteiger partial charge in [-0.15, -0.1) is 0 Å². The number of hydrogen-bond acceptors (Lipinski definition) is 2. The minimum atomic E-state index is -0.873. The second-order valence-corrected chi connectivity index (χ2v) is 7.13. The molecule has 0 spiro atoms. The van der Waals surface area contributed by atoms with E-state index in [0.29, 0.717) is 6.04 Å². The predicted molar refractivity (Wildman–Crippen MR) is 86.7 cm³/mol. The lowest BCUT2D eigenvalue weighted by molar-refractivity contribution is 0.179. The van der Waals surface area contributed by atoms with Crippen molar-refractivity contribution in [2.75, 3.05) is 19.3 Å². The molecule has 0 heterocycles. The molecule has 0 aromatic heterocycles. The van der Waals surface area contributed by atoms with Crippen molar-refractivity contribution in [3.05, 3.63) is 29.3 Å². The zero-order valence-electron chi connectivity index (χ0n) is 13.0. The van der Waals surface area contributed by atoms with Gasteiger partial charge in [0.15, 0.2) is 4.90 Å². The molecular formula is C17H27NOS. The van der Waals surface area contributed by atoms with Crippen LogP contribution in [0.2, 0.25) is 0 Å². The molecule has 1 aliphatic carbocycles. The Bertz CT molecular complexity index is 427. The molecule has 0 bridgehead atoms. The number of benzene rings is 1. The topological polar surface area (TPSA) is 26.3 Å². The summed E-state index contributed by atoms with van der Waals surface area (Å²) in [6.45, 7) is 6.88. The number of hydrogen-bond donors (Lipinski definition) is 0. The van der Waals surface area contributed by atoms with Crippen LogP contribution in [0.1, 0.15) is 44.2 Å². The van der Waals surface area contributed by atoms with Gasteiger partial charge in [0.2, 0.25) is 0 Å². The number of nitrogens with zero attached hydrogens (tertiary/aromatic N) is 1. The summed E-state index contributed by atoms with van der Waals surface area (Å²) in [7, 11) is 0. The Morgan fingerprint density at radius 2 is 1.95 bits per heavy atom. The molecule has 20 heavy (non-hydrogen) atoms. The van der Waals surface area contributed by atoms with Crippen LogP contribution in [0.15, 0.2) is 23.1 Å². The molecule has 1 aromatic carbocycles. The first kappa shape index (κ1) is 15.9. The van der Waals surface area contributed by atoms with E-state index in [2.05, 4.69) is 30.9 Å². The highest BCUT2D eigenvalue weighted by molar-refractivity contribution is 7.90. The second-order valence-electron chi connectivity index (χ2n) is 5.78. The molecule has 0 saturated heterocycles.